The summed E-state index contributed by atoms with van der Waals surface area (Å²) in [6.45, 7) is 2.71. The van der Waals surface area contributed by atoms with Gasteiger partial charge in [0.15, 0.2) is 0 Å². The van der Waals surface area contributed by atoms with Crippen molar-refractivity contribution in [2.24, 2.45) is 11.7 Å². The molecule has 0 saturated carbocycles. The molecule has 6 nitrogen and oxygen atoms in total. The lowest BCUT2D eigenvalue weighted by Crippen LogP contribution is -2.26. The number of carbonyl (C=O) groups is 1. The molecule has 0 heterocycles. The Bertz CT molecular complexity index is 459. The van der Waals surface area contributed by atoms with Gasteiger partial charge in [-0.2, -0.15) is 0 Å². The molecule has 1 rings (SSSR count). The van der Waals surface area contributed by atoms with Gasteiger partial charge in [-0.15, -0.1) is 0 Å². The van der Waals surface area contributed by atoms with Crippen molar-refractivity contribution in [1.29, 1.82) is 0 Å². The Morgan fingerprint density at radius 1 is 1.35 bits per heavy atom. The molecule has 1 aromatic rings. The van der Waals surface area contributed by atoms with Gasteiger partial charge in [-0.25, -0.2) is 0 Å². The van der Waals surface area contributed by atoms with E-state index in [1.54, 1.807) is 19.2 Å². The van der Waals surface area contributed by atoms with Gasteiger partial charge in [-0.1, -0.05) is 6.92 Å². The normalized spacial score (nSPS) is 11.9. The zero-order valence-corrected chi connectivity index (χ0v) is 11.9. The van der Waals surface area contributed by atoms with Crippen molar-refractivity contribution in [3.05, 3.63) is 34.4 Å². The molecular formula is C14H21N3O3. The van der Waals surface area contributed by atoms with Crippen molar-refractivity contribution in [1.82, 2.24) is 0 Å². The molecule has 0 radical (unpaired) electrons. The van der Waals surface area contributed by atoms with Crippen LogP contribution in [0.4, 0.5) is 11.4 Å². The van der Waals surface area contributed by atoms with Gasteiger partial charge < -0.3 is 10.6 Å². The van der Waals surface area contributed by atoms with Crippen molar-refractivity contribution < 1.29 is 9.72 Å². The zero-order valence-electron chi connectivity index (χ0n) is 11.9. The van der Waals surface area contributed by atoms with E-state index in [9.17, 15) is 14.9 Å². The molecule has 1 aromatic carbocycles. The first-order valence-corrected chi connectivity index (χ1v) is 6.66. The fraction of sp³-hybridized carbons (Fsp3) is 0.500. The van der Waals surface area contributed by atoms with Crippen LogP contribution < -0.4 is 10.6 Å². The third-order valence-corrected chi connectivity index (χ3v) is 3.33. The van der Waals surface area contributed by atoms with Crippen molar-refractivity contribution in [2.75, 3.05) is 18.5 Å². The molecule has 1 amide bonds. The topological polar surface area (TPSA) is 89.5 Å². The Hall–Kier alpha value is -1.95. The maximum absolute atomic E-state index is 12.0. The molecule has 0 aliphatic carbocycles. The van der Waals surface area contributed by atoms with Crippen LogP contribution in [0.1, 0.15) is 26.2 Å². The number of nitro benzene ring substituents is 1. The number of nitrogens with two attached hydrogens (primary N) is 1. The summed E-state index contributed by atoms with van der Waals surface area (Å²) in [6, 6.07) is 5.96. The van der Waals surface area contributed by atoms with E-state index < -0.39 is 4.92 Å². The van der Waals surface area contributed by atoms with Gasteiger partial charge >= 0.3 is 0 Å². The number of rotatable bonds is 7. The van der Waals surface area contributed by atoms with Crippen molar-refractivity contribution in [2.45, 2.75) is 26.2 Å². The molecule has 0 aromatic heterocycles. The van der Waals surface area contributed by atoms with Crippen molar-refractivity contribution >= 4 is 17.3 Å². The van der Waals surface area contributed by atoms with Gasteiger partial charge in [0.1, 0.15) is 0 Å². The van der Waals surface area contributed by atoms with Crippen LogP contribution in [-0.2, 0) is 4.79 Å². The first kappa shape index (κ1) is 16.1. The van der Waals surface area contributed by atoms with E-state index in [0.717, 1.165) is 12.8 Å². The summed E-state index contributed by atoms with van der Waals surface area (Å²) >= 11 is 0. The zero-order chi connectivity index (χ0) is 15.1. The van der Waals surface area contributed by atoms with Crippen LogP contribution in [0.5, 0.6) is 0 Å². The second kappa shape index (κ2) is 7.59. The van der Waals surface area contributed by atoms with Crippen LogP contribution in [0.25, 0.3) is 0 Å². The van der Waals surface area contributed by atoms with E-state index in [0.29, 0.717) is 24.6 Å². The second-order valence-corrected chi connectivity index (χ2v) is 4.95. The number of hydrogen-bond donors (Lipinski definition) is 1. The van der Waals surface area contributed by atoms with E-state index in [-0.39, 0.29) is 11.6 Å². The molecule has 0 bridgehead atoms. The largest absolute Gasteiger partial charge is 0.330 e. The smallest absolute Gasteiger partial charge is 0.269 e. The molecule has 0 spiro atoms. The predicted molar refractivity (Wildman–Crippen MR) is 78.6 cm³/mol. The van der Waals surface area contributed by atoms with Crippen LogP contribution in [0.3, 0.4) is 0 Å². The van der Waals surface area contributed by atoms with E-state index in [4.69, 9.17) is 5.73 Å². The summed E-state index contributed by atoms with van der Waals surface area (Å²) in [7, 11) is 1.68. The molecule has 110 valence electrons. The number of anilines is 1. The Morgan fingerprint density at radius 3 is 2.45 bits per heavy atom. The van der Waals surface area contributed by atoms with E-state index in [1.807, 2.05) is 0 Å². The fourth-order valence-corrected chi connectivity index (χ4v) is 1.91. The minimum atomic E-state index is -0.458. The van der Waals surface area contributed by atoms with Crippen LogP contribution in [0.2, 0.25) is 0 Å². The average molecular weight is 279 g/mol. The van der Waals surface area contributed by atoms with E-state index in [2.05, 4.69) is 6.92 Å². The molecule has 6 heteroatoms. The number of hydrogen-bond acceptors (Lipinski definition) is 4. The van der Waals surface area contributed by atoms with Crippen LogP contribution in [0, 0.1) is 16.0 Å². The van der Waals surface area contributed by atoms with Gasteiger partial charge in [0, 0.05) is 31.3 Å². The Labute approximate surface area is 118 Å². The van der Waals surface area contributed by atoms with Gasteiger partial charge in [0.05, 0.1) is 4.92 Å². The summed E-state index contributed by atoms with van der Waals surface area (Å²) in [5, 5.41) is 10.6. The number of carbonyl (C=O) groups excluding carboxylic acids is 1. The monoisotopic (exact) mass is 279 g/mol. The Balaban J connectivity index is 2.58. The lowest BCUT2D eigenvalue weighted by atomic mass is 10.0. The molecule has 2 N–H and O–H groups in total. The maximum atomic E-state index is 12.0. The summed E-state index contributed by atoms with van der Waals surface area (Å²) < 4.78 is 0. The predicted octanol–water partition coefficient (Wildman–Crippen LogP) is 2.32. The Kier molecular flexibility index (Phi) is 6.11. The standard InChI is InChI=1S/C14H21N3O3/c1-11(9-10-15)3-8-14(18)16(2)12-4-6-13(7-5-12)17(19)20/h4-7,11H,3,8-10,15H2,1-2H3. The number of nitrogens with zero attached hydrogens (tertiary/aromatic N) is 2. The molecule has 20 heavy (non-hydrogen) atoms. The summed E-state index contributed by atoms with van der Waals surface area (Å²) in [5.74, 6) is 0.428. The van der Waals surface area contributed by atoms with Crippen LogP contribution in [-0.4, -0.2) is 24.4 Å². The molecular weight excluding hydrogens is 258 g/mol. The van der Waals surface area contributed by atoms with Crippen LogP contribution >= 0.6 is 0 Å². The highest BCUT2D eigenvalue weighted by Crippen LogP contribution is 2.20. The van der Waals surface area contributed by atoms with Crippen molar-refractivity contribution in [3.63, 3.8) is 0 Å². The first-order chi connectivity index (χ1) is 9.45. The minimum absolute atomic E-state index is 0.00252. The van der Waals surface area contributed by atoms with Gasteiger partial charge in [0.2, 0.25) is 5.91 Å². The molecule has 0 fully saturated rings. The lowest BCUT2D eigenvalue weighted by molar-refractivity contribution is -0.384. The lowest BCUT2D eigenvalue weighted by Gasteiger charge is -2.18. The van der Waals surface area contributed by atoms with E-state index >= 15 is 0 Å². The first-order valence-electron chi connectivity index (χ1n) is 6.66. The molecule has 0 aliphatic rings. The third kappa shape index (κ3) is 4.62. The molecule has 1 atom stereocenters. The summed E-state index contributed by atoms with van der Waals surface area (Å²) in [6.07, 6.45) is 2.16. The van der Waals surface area contributed by atoms with Gasteiger partial charge in [-0.3, -0.25) is 14.9 Å². The van der Waals surface area contributed by atoms with E-state index in [1.165, 1.54) is 17.0 Å². The number of non-ortho nitro benzene ring substituents is 1. The highest BCUT2D eigenvalue weighted by atomic mass is 16.6. The fourth-order valence-electron chi connectivity index (χ4n) is 1.91. The van der Waals surface area contributed by atoms with Gasteiger partial charge in [0.25, 0.3) is 5.69 Å². The highest BCUT2D eigenvalue weighted by Gasteiger charge is 2.13. The average Bonchev–Trinajstić information content (AvgIpc) is 2.44. The quantitative estimate of drug-likeness (QED) is 0.612. The minimum Gasteiger partial charge on any atom is -0.330 e. The molecule has 0 saturated heterocycles. The van der Waals surface area contributed by atoms with Gasteiger partial charge in [-0.05, 0) is 37.4 Å². The number of benzene rings is 1. The third-order valence-electron chi connectivity index (χ3n) is 3.33. The van der Waals surface area contributed by atoms with Crippen molar-refractivity contribution in [3.8, 4) is 0 Å². The summed E-state index contributed by atoms with van der Waals surface area (Å²) in [4.78, 5) is 23.7. The number of amides is 1. The molecule has 0 aliphatic heterocycles. The number of nitro groups is 1. The van der Waals surface area contributed by atoms with Crippen LogP contribution in [0.15, 0.2) is 24.3 Å². The Morgan fingerprint density at radius 2 is 1.95 bits per heavy atom. The second-order valence-electron chi connectivity index (χ2n) is 4.95. The molecule has 1 unspecified atom stereocenters. The maximum Gasteiger partial charge on any atom is 0.269 e. The highest BCUT2D eigenvalue weighted by molar-refractivity contribution is 5.92. The SMILES string of the molecule is CC(CCN)CCC(=O)N(C)c1ccc([N+](=O)[O-])cc1. The summed E-state index contributed by atoms with van der Waals surface area (Å²) in [5.41, 5.74) is 6.15.